The summed E-state index contributed by atoms with van der Waals surface area (Å²) in [6.07, 6.45) is 0.0930. The van der Waals surface area contributed by atoms with Gasteiger partial charge in [-0.1, -0.05) is 13.0 Å². The molecule has 0 amide bonds. The van der Waals surface area contributed by atoms with Gasteiger partial charge < -0.3 is 9.84 Å². The minimum atomic E-state index is -1.09. The minimum Gasteiger partial charge on any atom is -0.493 e. The molecule has 0 aliphatic rings. The molecule has 0 heterocycles. The number of ether oxygens (including phenoxy) is 1. The standard InChI is InChI=1S/C11H12F2O3/c1-6(11(14)15)5-7-3-4-8(12)9(13)10(7)16-2/h3-4,6H,5H2,1-2H3,(H,14,15). The van der Waals surface area contributed by atoms with E-state index in [1.807, 2.05) is 0 Å². The first kappa shape index (κ1) is 12.4. The molecule has 0 saturated heterocycles. The van der Waals surface area contributed by atoms with Gasteiger partial charge in [0.15, 0.2) is 11.6 Å². The second-order valence-corrected chi connectivity index (χ2v) is 3.50. The summed E-state index contributed by atoms with van der Waals surface area (Å²) in [7, 11) is 1.22. The average molecular weight is 230 g/mol. The molecular formula is C11H12F2O3. The third-order valence-corrected chi connectivity index (χ3v) is 2.28. The fourth-order valence-corrected chi connectivity index (χ4v) is 1.37. The monoisotopic (exact) mass is 230 g/mol. The molecule has 1 aromatic rings. The van der Waals surface area contributed by atoms with Crippen molar-refractivity contribution in [2.24, 2.45) is 5.92 Å². The van der Waals surface area contributed by atoms with Crippen LogP contribution < -0.4 is 4.74 Å². The Kier molecular flexibility index (Phi) is 3.82. The first-order chi connectivity index (χ1) is 7.47. The molecule has 5 heteroatoms. The Morgan fingerprint density at radius 1 is 1.50 bits per heavy atom. The zero-order valence-corrected chi connectivity index (χ0v) is 8.96. The van der Waals surface area contributed by atoms with E-state index in [9.17, 15) is 13.6 Å². The summed E-state index contributed by atoms with van der Waals surface area (Å²) in [5.41, 5.74) is 0.344. The van der Waals surface area contributed by atoms with Gasteiger partial charge in [0.25, 0.3) is 0 Å². The van der Waals surface area contributed by atoms with E-state index >= 15 is 0 Å². The summed E-state index contributed by atoms with van der Waals surface area (Å²) >= 11 is 0. The highest BCUT2D eigenvalue weighted by atomic mass is 19.2. The van der Waals surface area contributed by atoms with Crippen molar-refractivity contribution in [3.8, 4) is 5.75 Å². The van der Waals surface area contributed by atoms with E-state index in [0.717, 1.165) is 6.07 Å². The van der Waals surface area contributed by atoms with Crippen molar-refractivity contribution < 1.29 is 23.4 Å². The van der Waals surface area contributed by atoms with Crippen molar-refractivity contribution in [3.05, 3.63) is 29.3 Å². The highest BCUT2D eigenvalue weighted by Gasteiger charge is 2.18. The van der Waals surface area contributed by atoms with Crippen molar-refractivity contribution in [3.63, 3.8) is 0 Å². The highest BCUT2D eigenvalue weighted by molar-refractivity contribution is 5.70. The van der Waals surface area contributed by atoms with Crippen LogP contribution >= 0.6 is 0 Å². The molecule has 0 aliphatic carbocycles. The predicted octanol–water partition coefficient (Wildman–Crippen LogP) is 2.24. The first-order valence-electron chi connectivity index (χ1n) is 4.71. The smallest absolute Gasteiger partial charge is 0.306 e. The summed E-state index contributed by atoms with van der Waals surface area (Å²) < 4.78 is 30.9. The van der Waals surface area contributed by atoms with E-state index in [-0.39, 0.29) is 12.2 Å². The van der Waals surface area contributed by atoms with Gasteiger partial charge in [-0.25, -0.2) is 4.39 Å². The fraction of sp³-hybridized carbons (Fsp3) is 0.364. The molecule has 0 saturated carbocycles. The van der Waals surface area contributed by atoms with E-state index in [0.29, 0.717) is 5.56 Å². The van der Waals surface area contributed by atoms with Gasteiger partial charge >= 0.3 is 5.97 Å². The van der Waals surface area contributed by atoms with Crippen LogP contribution in [0.5, 0.6) is 5.75 Å². The molecule has 88 valence electrons. The van der Waals surface area contributed by atoms with Gasteiger partial charge in [0.05, 0.1) is 13.0 Å². The van der Waals surface area contributed by atoms with Gasteiger partial charge in [0.2, 0.25) is 5.82 Å². The quantitative estimate of drug-likeness (QED) is 0.862. The molecule has 1 N–H and O–H groups in total. The lowest BCUT2D eigenvalue weighted by Crippen LogP contribution is -2.13. The summed E-state index contributed by atoms with van der Waals surface area (Å²) in [6, 6.07) is 2.29. The molecule has 16 heavy (non-hydrogen) atoms. The van der Waals surface area contributed by atoms with E-state index in [1.165, 1.54) is 20.1 Å². The van der Waals surface area contributed by atoms with E-state index in [2.05, 4.69) is 0 Å². The maximum absolute atomic E-state index is 13.3. The third-order valence-electron chi connectivity index (χ3n) is 2.28. The van der Waals surface area contributed by atoms with Gasteiger partial charge in [0, 0.05) is 0 Å². The number of carboxylic acids is 1. The number of benzene rings is 1. The van der Waals surface area contributed by atoms with Gasteiger partial charge in [-0.2, -0.15) is 4.39 Å². The SMILES string of the molecule is COc1c(CC(C)C(=O)O)ccc(F)c1F. The van der Waals surface area contributed by atoms with Crippen LogP contribution in [0.4, 0.5) is 8.78 Å². The Hall–Kier alpha value is -1.65. The van der Waals surface area contributed by atoms with Crippen LogP contribution in [0.1, 0.15) is 12.5 Å². The first-order valence-corrected chi connectivity index (χ1v) is 4.71. The van der Waals surface area contributed by atoms with Gasteiger partial charge in [-0.15, -0.1) is 0 Å². The predicted molar refractivity (Wildman–Crippen MR) is 53.4 cm³/mol. The van der Waals surface area contributed by atoms with Crippen molar-refractivity contribution in [2.75, 3.05) is 7.11 Å². The molecule has 0 spiro atoms. The normalized spacial score (nSPS) is 12.2. The van der Waals surface area contributed by atoms with Gasteiger partial charge in [-0.3, -0.25) is 4.79 Å². The maximum Gasteiger partial charge on any atom is 0.306 e. The summed E-state index contributed by atoms with van der Waals surface area (Å²) in [5.74, 6) is -4.00. The number of aliphatic carboxylic acids is 1. The van der Waals surface area contributed by atoms with E-state index in [4.69, 9.17) is 9.84 Å². The second-order valence-electron chi connectivity index (χ2n) is 3.50. The fourth-order valence-electron chi connectivity index (χ4n) is 1.37. The lowest BCUT2D eigenvalue weighted by molar-refractivity contribution is -0.141. The number of methoxy groups -OCH3 is 1. The van der Waals surface area contributed by atoms with Crippen LogP contribution in [0.3, 0.4) is 0 Å². The largest absolute Gasteiger partial charge is 0.493 e. The Morgan fingerprint density at radius 2 is 2.12 bits per heavy atom. The van der Waals surface area contributed by atoms with Gasteiger partial charge in [0.1, 0.15) is 0 Å². The molecule has 1 aromatic carbocycles. The zero-order chi connectivity index (χ0) is 12.3. The topological polar surface area (TPSA) is 46.5 Å². The molecule has 0 radical (unpaired) electrons. The lowest BCUT2D eigenvalue weighted by Gasteiger charge is -2.11. The molecule has 0 aromatic heterocycles. The molecular weight excluding hydrogens is 218 g/mol. The summed E-state index contributed by atoms with van der Waals surface area (Å²) in [6.45, 7) is 1.49. The Balaban J connectivity index is 3.05. The molecule has 3 nitrogen and oxygen atoms in total. The number of carboxylic acid groups (broad SMARTS) is 1. The number of carbonyl (C=O) groups is 1. The van der Waals surface area contributed by atoms with E-state index in [1.54, 1.807) is 0 Å². The molecule has 0 fully saturated rings. The summed E-state index contributed by atoms with van der Waals surface area (Å²) in [5, 5.41) is 8.72. The van der Waals surface area contributed by atoms with Crippen molar-refractivity contribution in [2.45, 2.75) is 13.3 Å². The zero-order valence-electron chi connectivity index (χ0n) is 8.96. The van der Waals surface area contributed by atoms with Crippen LogP contribution in [0.2, 0.25) is 0 Å². The molecule has 1 unspecified atom stereocenters. The van der Waals surface area contributed by atoms with Crippen molar-refractivity contribution in [1.82, 2.24) is 0 Å². The molecule has 0 aliphatic heterocycles. The molecule has 1 rings (SSSR count). The number of halogens is 2. The Morgan fingerprint density at radius 3 is 2.62 bits per heavy atom. The molecule has 1 atom stereocenters. The van der Waals surface area contributed by atoms with Crippen LogP contribution in [0, 0.1) is 17.6 Å². The van der Waals surface area contributed by atoms with Crippen LogP contribution in [0.15, 0.2) is 12.1 Å². The average Bonchev–Trinajstić information content (AvgIpc) is 2.23. The highest BCUT2D eigenvalue weighted by Crippen LogP contribution is 2.26. The van der Waals surface area contributed by atoms with E-state index < -0.39 is 23.5 Å². The van der Waals surface area contributed by atoms with Crippen LogP contribution in [-0.2, 0) is 11.2 Å². The second kappa shape index (κ2) is 4.92. The minimum absolute atomic E-state index is 0.0930. The number of hydrogen-bond acceptors (Lipinski definition) is 2. The lowest BCUT2D eigenvalue weighted by atomic mass is 10.0. The Labute approximate surface area is 91.7 Å². The summed E-state index contributed by atoms with van der Waals surface area (Å²) in [4.78, 5) is 10.6. The Bertz CT molecular complexity index is 404. The molecule has 0 bridgehead atoms. The van der Waals surface area contributed by atoms with Crippen molar-refractivity contribution in [1.29, 1.82) is 0 Å². The van der Waals surface area contributed by atoms with Gasteiger partial charge in [-0.05, 0) is 18.1 Å². The van der Waals surface area contributed by atoms with Crippen molar-refractivity contribution >= 4 is 5.97 Å². The number of rotatable bonds is 4. The van der Waals surface area contributed by atoms with Crippen LogP contribution in [0.25, 0.3) is 0 Å². The maximum atomic E-state index is 13.3. The van der Waals surface area contributed by atoms with Crippen LogP contribution in [-0.4, -0.2) is 18.2 Å². The third kappa shape index (κ3) is 2.48. The number of hydrogen-bond donors (Lipinski definition) is 1.